The lowest BCUT2D eigenvalue weighted by atomic mass is 9.95. The minimum atomic E-state index is -0.317. The molecule has 0 aliphatic rings. The van der Waals surface area contributed by atoms with Crippen LogP contribution >= 0.6 is 0 Å². The molecule has 1 unspecified atom stereocenters. The highest BCUT2D eigenvalue weighted by molar-refractivity contribution is 5.66. The smallest absolute Gasteiger partial charge is 0.303 e. The van der Waals surface area contributed by atoms with Gasteiger partial charge in [-0.05, 0) is 36.1 Å². The number of rotatable bonds is 3. The summed E-state index contributed by atoms with van der Waals surface area (Å²) in [5, 5.41) is 0. The minimum absolute atomic E-state index is 0.160. The quantitative estimate of drug-likeness (QED) is 0.735. The molecule has 2 nitrogen and oxygen atoms in total. The van der Waals surface area contributed by atoms with Crippen LogP contribution in [-0.2, 0) is 9.53 Å². The second kappa shape index (κ2) is 5.10. The minimum Gasteiger partial charge on any atom is -0.457 e. The van der Waals surface area contributed by atoms with Crippen molar-refractivity contribution in [1.29, 1.82) is 0 Å². The van der Waals surface area contributed by atoms with Gasteiger partial charge < -0.3 is 4.74 Å². The lowest BCUT2D eigenvalue weighted by molar-refractivity contribution is -0.149. The van der Waals surface area contributed by atoms with Crippen molar-refractivity contribution in [3.8, 4) is 0 Å². The van der Waals surface area contributed by atoms with Crippen LogP contribution in [0.4, 0.5) is 4.39 Å². The first-order valence-electron chi connectivity index (χ1n) is 5.35. The van der Waals surface area contributed by atoms with E-state index in [0.29, 0.717) is 0 Å². The maximum absolute atomic E-state index is 13.0. The average Bonchev–Trinajstić information content (AvgIpc) is 2.14. The number of halogens is 1. The SMILES string of the molecule is CC(=O)OC(c1ccc(F)cc1C)C(C)C. The second-order valence-corrected chi connectivity index (χ2v) is 4.27. The summed E-state index contributed by atoms with van der Waals surface area (Å²) in [7, 11) is 0. The number of hydrogen-bond acceptors (Lipinski definition) is 2. The number of ether oxygens (including phenoxy) is 1. The van der Waals surface area contributed by atoms with Gasteiger partial charge in [-0.3, -0.25) is 4.79 Å². The summed E-state index contributed by atoms with van der Waals surface area (Å²) in [5.41, 5.74) is 1.67. The van der Waals surface area contributed by atoms with E-state index in [0.717, 1.165) is 11.1 Å². The van der Waals surface area contributed by atoms with Gasteiger partial charge in [0.05, 0.1) is 0 Å². The zero-order chi connectivity index (χ0) is 12.3. The molecule has 0 amide bonds. The summed E-state index contributed by atoms with van der Waals surface area (Å²) in [6, 6.07) is 4.52. The summed E-state index contributed by atoms with van der Waals surface area (Å²) in [6.45, 7) is 7.14. The largest absolute Gasteiger partial charge is 0.457 e. The maximum atomic E-state index is 13.0. The molecule has 0 saturated carbocycles. The van der Waals surface area contributed by atoms with Crippen LogP contribution in [0.15, 0.2) is 18.2 Å². The van der Waals surface area contributed by atoms with Gasteiger partial charge in [0.1, 0.15) is 11.9 Å². The van der Waals surface area contributed by atoms with E-state index < -0.39 is 0 Å². The highest BCUT2D eigenvalue weighted by Gasteiger charge is 2.20. The van der Waals surface area contributed by atoms with Crippen LogP contribution in [0.5, 0.6) is 0 Å². The highest BCUT2D eigenvalue weighted by Crippen LogP contribution is 2.28. The van der Waals surface area contributed by atoms with Crippen LogP contribution in [0.1, 0.15) is 38.0 Å². The van der Waals surface area contributed by atoms with Crippen molar-refractivity contribution >= 4 is 5.97 Å². The molecule has 0 aromatic heterocycles. The number of hydrogen-bond donors (Lipinski definition) is 0. The zero-order valence-electron chi connectivity index (χ0n) is 10.1. The van der Waals surface area contributed by atoms with E-state index in [9.17, 15) is 9.18 Å². The third kappa shape index (κ3) is 3.05. The number of carbonyl (C=O) groups excluding carboxylic acids is 1. The Hall–Kier alpha value is -1.38. The molecule has 1 rings (SSSR count). The molecule has 1 aromatic rings. The highest BCUT2D eigenvalue weighted by atomic mass is 19.1. The second-order valence-electron chi connectivity index (χ2n) is 4.27. The van der Waals surface area contributed by atoms with Crippen molar-refractivity contribution in [3.05, 3.63) is 35.1 Å². The van der Waals surface area contributed by atoms with E-state index in [1.54, 1.807) is 6.07 Å². The molecule has 3 heteroatoms. The number of aryl methyl sites for hydroxylation is 1. The zero-order valence-corrected chi connectivity index (χ0v) is 10.1. The standard InChI is InChI=1S/C13H17FO2/c1-8(2)13(16-10(4)15)12-6-5-11(14)7-9(12)3/h5-8,13H,1-4H3. The van der Waals surface area contributed by atoms with Gasteiger partial charge in [0.2, 0.25) is 0 Å². The third-order valence-electron chi connectivity index (χ3n) is 2.44. The van der Waals surface area contributed by atoms with Crippen molar-refractivity contribution in [1.82, 2.24) is 0 Å². The monoisotopic (exact) mass is 224 g/mol. The van der Waals surface area contributed by atoms with Gasteiger partial charge in [0.25, 0.3) is 0 Å². The lowest BCUT2D eigenvalue weighted by Gasteiger charge is -2.22. The summed E-state index contributed by atoms with van der Waals surface area (Å²) in [5.74, 6) is -0.429. The van der Waals surface area contributed by atoms with Gasteiger partial charge in [-0.1, -0.05) is 19.9 Å². The Kier molecular flexibility index (Phi) is 4.05. The van der Waals surface area contributed by atoms with E-state index >= 15 is 0 Å². The number of carbonyl (C=O) groups is 1. The van der Waals surface area contributed by atoms with Crippen LogP contribution in [0, 0.1) is 18.7 Å². The molecule has 0 heterocycles. The van der Waals surface area contributed by atoms with Crippen molar-refractivity contribution < 1.29 is 13.9 Å². The lowest BCUT2D eigenvalue weighted by Crippen LogP contribution is -2.15. The fourth-order valence-corrected chi connectivity index (χ4v) is 1.70. The van der Waals surface area contributed by atoms with E-state index in [4.69, 9.17) is 4.74 Å². The molecular weight excluding hydrogens is 207 g/mol. The normalized spacial score (nSPS) is 12.6. The average molecular weight is 224 g/mol. The molecule has 0 aliphatic carbocycles. The molecule has 0 spiro atoms. The summed E-state index contributed by atoms with van der Waals surface area (Å²) < 4.78 is 18.2. The molecule has 1 aromatic carbocycles. The molecule has 0 aliphatic heterocycles. The number of esters is 1. The van der Waals surface area contributed by atoms with E-state index in [2.05, 4.69) is 0 Å². The predicted molar refractivity (Wildman–Crippen MR) is 60.5 cm³/mol. The van der Waals surface area contributed by atoms with Crippen molar-refractivity contribution in [2.24, 2.45) is 5.92 Å². The molecule has 0 fully saturated rings. The van der Waals surface area contributed by atoms with Crippen molar-refractivity contribution in [2.75, 3.05) is 0 Å². The molecular formula is C13H17FO2. The fraction of sp³-hybridized carbons (Fsp3) is 0.462. The van der Waals surface area contributed by atoms with Crippen molar-refractivity contribution in [2.45, 2.75) is 33.8 Å². The van der Waals surface area contributed by atoms with Gasteiger partial charge in [-0.15, -0.1) is 0 Å². The number of benzene rings is 1. The third-order valence-corrected chi connectivity index (χ3v) is 2.44. The van der Waals surface area contributed by atoms with Crippen LogP contribution in [0.25, 0.3) is 0 Å². The molecule has 0 N–H and O–H groups in total. The van der Waals surface area contributed by atoms with Gasteiger partial charge in [0, 0.05) is 6.92 Å². The Morgan fingerprint density at radius 3 is 2.44 bits per heavy atom. The first-order chi connectivity index (χ1) is 7.41. The van der Waals surface area contributed by atoms with E-state index in [1.807, 2.05) is 20.8 Å². The Labute approximate surface area is 95.4 Å². The molecule has 1 atom stereocenters. The van der Waals surface area contributed by atoms with E-state index in [1.165, 1.54) is 19.1 Å². The van der Waals surface area contributed by atoms with Gasteiger partial charge >= 0.3 is 5.97 Å². The van der Waals surface area contributed by atoms with Gasteiger partial charge in [-0.25, -0.2) is 4.39 Å². The molecule has 16 heavy (non-hydrogen) atoms. The Morgan fingerprint density at radius 1 is 1.38 bits per heavy atom. The topological polar surface area (TPSA) is 26.3 Å². The van der Waals surface area contributed by atoms with Gasteiger partial charge in [0.15, 0.2) is 0 Å². The summed E-state index contributed by atoms with van der Waals surface area (Å²) in [6.07, 6.45) is -0.307. The Balaban J connectivity index is 3.05. The van der Waals surface area contributed by atoms with Crippen molar-refractivity contribution in [3.63, 3.8) is 0 Å². The van der Waals surface area contributed by atoms with Crippen LogP contribution < -0.4 is 0 Å². The van der Waals surface area contributed by atoms with Crippen LogP contribution in [-0.4, -0.2) is 5.97 Å². The molecule has 0 bridgehead atoms. The predicted octanol–water partition coefficient (Wildman–Crippen LogP) is 3.39. The Morgan fingerprint density at radius 2 is 2.00 bits per heavy atom. The first-order valence-corrected chi connectivity index (χ1v) is 5.35. The molecule has 0 saturated heterocycles. The van der Waals surface area contributed by atoms with Crippen LogP contribution in [0.3, 0.4) is 0 Å². The van der Waals surface area contributed by atoms with E-state index in [-0.39, 0.29) is 23.8 Å². The van der Waals surface area contributed by atoms with Gasteiger partial charge in [-0.2, -0.15) is 0 Å². The molecule has 88 valence electrons. The first kappa shape index (κ1) is 12.7. The maximum Gasteiger partial charge on any atom is 0.303 e. The molecule has 0 radical (unpaired) electrons. The fourth-order valence-electron chi connectivity index (χ4n) is 1.70. The summed E-state index contributed by atoms with van der Waals surface area (Å²) >= 11 is 0. The van der Waals surface area contributed by atoms with Crippen LogP contribution in [0.2, 0.25) is 0 Å². The summed E-state index contributed by atoms with van der Waals surface area (Å²) in [4.78, 5) is 11.0. The Bertz CT molecular complexity index is 386.